The normalized spacial score (nSPS) is 11.2. The van der Waals surface area contributed by atoms with Crippen molar-refractivity contribution >= 4 is 29.0 Å². The minimum absolute atomic E-state index is 0.159. The van der Waals surface area contributed by atoms with E-state index in [1.54, 1.807) is 42.7 Å². The van der Waals surface area contributed by atoms with Gasteiger partial charge in [-0.2, -0.15) is 0 Å². The number of nitrogens with one attached hydrogen (secondary N) is 1. The third kappa shape index (κ3) is 13.8. The van der Waals surface area contributed by atoms with E-state index in [4.69, 9.17) is 32.7 Å². The van der Waals surface area contributed by atoms with Crippen LogP contribution in [0.2, 0.25) is 10.0 Å². The molecule has 0 unspecified atom stereocenters. The van der Waals surface area contributed by atoms with Gasteiger partial charge in [-0.05, 0) is 42.9 Å². The lowest BCUT2D eigenvalue weighted by atomic mass is 9.99. The van der Waals surface area contributed by atoms with Crippen molar-refractivity contribution in [2.24, 2.45) is 10.8 Å². The van der Waals surface area contributed by atoms with Gasteiger partial charge in [0.25, 0.3) is 0 Å². The Bertz CT molecular complexity index is 1030. The lowest BCUT2D eigenvalue weighted by Gasteiger charge is -2.16. The fraction of sp³-hybridized carbons (Fsp3) is 0.467. The van der Waals surface area contributed by atoms with Crippen LogP contribution in [-0.4, -0.2) is 42.2 Å². The van der Waals surface area contributed by atoms with Gasteiger partial charge in [-0.15, -0.1) is 0 Å². The molecule has 2 aromatic carbocycles. The number of aromatic nitrogens is 2. The number of nitrogens with zero attached hydrogens (tertiary/aromatic N) is 1. The van der Waals surface area contributed by atoms with E-state index in [1.807, 2.05) is 26.0 Å². The highest BCUT2D eigenvalue weighted by atomic mass is 35.5. The molecule has 7 heteroatoms. The van der Waals surface area contributed by atoms with Gasteiger partial charge in [-0.25, -0.2) is 4.98 Å². The molecule has 0 aliphatic heterocycles. The number of aromatic amines is 1. The number of halogens is 2. The molecule has 1 N–H and O–H groups in total. The average molecular weight is 550 g/mol. The van der Waals surface area contributed by atoms with Crippen LogP contribution in [0.5, 0.6) is 0 Å². The fourth-order valence-corrected chi connectivity index (χ4v) is 3.22. The van der Waals surface area contributed by atoms with Crippen molar-refractivity contribution in [3.05, 3.63) is 76.0 Å². The second kappa shape index (κ2) is 15.9. The summed E-state index contributed by atoms with van der Waals surface area (Å²) in [5.74, 6) is 0.600. The maximum Gasteiger partial charge on any atom is 0.194 e. The van der Waals surface area contributed by atoms with Crippen molar-refractivity contribution in [3.8, 4) is 11.4 Å². The molecule has 0 saturated carbocycles. The van der Waals surface area contributed by atoms with Crippen LogP contribution in [0, 0.1) is 10.8 Å². The molecule has 0 aliphatic carbocycles. The average Bonchev–Trinajstić information content (AvgIpc) is 3.38. The van der Waals surface area contributed by atoms with Gasteiger partial charge in [-0.3, -0.25) is 4.79 Å². The topological polar surface area (TPSA) is 64.2 Å². The maximum absolute atomic E-state index is 12.5. The van der Waals surface area contributed by atoms with Gasteiger partial charge in [0.2, 0.25) is 0 Å². The highest BCUT2D eigenvalue weighted by Gasteiger charge is 2.14. The molecule has 0 saturated heterocycles. The first kappa shape index (κ1) is 32.8. The summed E-state index contributed by atoms with van der Waals surface area (Å²) in [6, 6.07) is 12.0. The summed E-state index contributed by atoms with van der Waals surface area (Å²) >= 11 is 12.0. The van der Waals surface area contributed by atoms with Crippen LogP contribution in [0.3, 0.4) is 0 Å². The summed E-state index contributed by atoms with van der Waals surface area (Å²) in [7, 11) is 0. The van der Waals surface area contributed by atoms with Gasteiger partial charge in [0.15, 0.2) is 5.78 Å². The SMILES string of the molecule is CCOCC(C)(C)C.CCOCC(C)(C)C.O=C(c1ccc(-c2ncc[nH]2)cc1)c1cc(Cl)ccc1Cl. The van der Waals surface area contributed by atoms with E-state index < -0.39 is 0 Å². The van der Waals surface area contributed by atoms with Gasteiger partial charge in [-0.1, -0.05) is 89.0 Å². The Morgan fingerprint density at radius 2 is 1.41 bits per heavy atom. The molecule has 0 radical (unpaired) electrons. The highest BCUT2D eigenvalue weighted by molar-refractivity contribution is 6.36. The zero-order valence-corrected chi connectivity index (χ0v) is 25.0. The number of imidazole rings is 1. The second-order valence-electron chi connectivity index (χ2n) is 10.9. The quantitative estimate of drug-likeness (QED) is 0.299. The molecular formula is C30H42Cl2N2O3. The Balaban J connectivity index is 0.000000355. The van der Waals surface area contributed by atoms with Gasteiger partial charge in [0, 0.05) is 47.3 Å². The largest absolute Gasteiger partial charge is 0.381 e. The summed E-state index contributed by atoms with van der Waals surface area (Å²) < 4.78 is 10.4. The van der Waals surface area contributed by atoms with E-state index in [0.717, 1.165) is 37.8 Å². The summed E-state index contributed by atoms with van der Waals surface area (Å²) in [6.45, 7) is 20.4. The number of H-pyrrole nitrogens is 1. The first-order chi connectivity index (χ1) is 17.3. The Labute approximate surface area is 232 Å². The number of ether oxygens (including phenoxy) is 2. The van der Waals surface area contributed by atoms with Crippen molar-refractivity contribution in [2.45, 2.75) is 55.4 Å². The van der Waals surface area contributed by atoms with Crippen molar-refractivity contribution in [1.82, 2.24) is 9.97 Å². The van der Waals surface area contributed by atoms with Crippen LogP contribution in [0.25, 0.3) is 11.4 Å². The van der Waals surface area contributed by atoms with E-state index in [-0.39, 0.29) is 5.78 Å². The van der Waals surface area contributed by atoms with Crippen LogP contribution < -0.4 is 0 Å². The first-order valence-electron chi connectivity index (χ1n) is 12.5. The predicted molar refractivity (Wildman–Crippen MR) is 156 cm³/mol. The molecule has 204 valence electrons. The molecular weight excluding hydrogens is 507 g/mol. The van der Waals surface area contributed by atoms with Gasteiger partial charge in [0.1, 0.15) is 5.82 Å². The molecule has 0 spiro atoms. The fourth-order valence-electron chi connectivity index (χ4n) is 2.85. The monoisotopic (exact) mass is 548 g/mol. The zero-order valence-electron chi connectivity index (χ0n) is 23.5. The molecule has 5 nitrogen and oxygen atoms in total. The van der Waals surface area contributed by atoms with Crippen molar-refractivity contribution in [1.29, 1.82) is 0 Å². The van der Waals surface area contributed by atoms with Crippen molar-refractivity contribution < 1.29 is 14.3 Å². The maximum atomic E-state index is 12.5. The lowest BCUT2D eigenvalue weighted by molar-refractivity contribution is 0.0805. The molecule has 0 fully saturated rings. The van der Waals surface area contributed by atoms with E-state index in [2.05, 4.69) is 51.5 Å². The number of carbonyl (C=O) groups is 1. The molecule has 37 heavy (non-hydrogen) atoms. The molecule has 1 aromatic heterocycles. The van der Waals surface area contributed by atoms with Gasteiger partial charge in [0.05, 0.1) is 18.2 Å². The molecule has 1 heterocycles. The smallest absolute Gasteiger partial charge is 0.194 e. The number of hydrogen-bond acceptors (Lipinski definition) is 4. The number of benzene rings is 2. The molecule has 0 atom stereocenters. The van der Waals surface area contributed by atoms with E-state index >= 15 is 0 Å². The minimum Gasteiger partial charge on any atom is -0.381 e. The summed E-state index contributed by atoms with van der Waals surface area (Å²) in [6.07, 6.45) is 3.43. The van der Waals surface area contributed by atoms with E-state index in [0.29, 0.717) is 32.0 Å². The van der Waals surface area contributed by atoms with Crippen LogP contribution in [0.1, 0.15) is 71.3 Å². The van der Waals surface area contributed by atoms with Crippen LogP contribution in [0.4, 0.5) is 0 Å². The molecule has 0 bridgehead atoms. The van der Waals surface area contributed by atoms with Gasteiger partial charge < -0.3 is 14.5 Å². The van der Waals surface area contributed by atoms with Crippen molar-refractivity contribution in [3.63, 3.8) is 0 Å². The molecule has 3 aromatic rings. The Morgan fingerprint density at radius 3 is 1.81 bits per heavy atom. The Morgan fingerprint density at radius 1 is 0.865 bits per heavy atom. The Kier molecular flexibility index (Phi) is 14.1. The molecule has 0 aliphatic rings. The number of hydrogen-bond donors (Lipinski definition) is 1. The van der Waals surface area contributed by atoms with E-state index in [9.17, 15) is 4.79 Å². The van der Waals surface area contributed by atoms with Crippen LogP contribution in [-0.2, 0) is 9.47 Å². The first-order valence-corrected chi connectivity index (χ1v) is 13.3. The van der Waals surface area contributed by atoms with Crippen LogP contribution >= 0.6 is 23.2 Å². The van der Waals surface area contributed by atoms with Crippen molar-refractivity contribution in [2.75, 3.05) is 26.4 Å². The summed E-state index contributed by atoms with van der Waals surface area (Å²) in [5, 5.41) is 0.870. The highest BCUT2D eigenvalue weighted by Crippen LogP contribution is 2.24. The van der Waals surface area contributed by atoms with E-state index in [1.165, 1.54) is 0 Å². The Hall–Kier alpha value is -2.18. The predicted octanol–water partition coefficient (Wildman–Crippen LogP) is 8.75. The number of carbonyl (C=O) groups excluding carboxylic acids is 1. The summed E-state index contributed by atoms with van der Waals surface area (Å²) in [4.78, 5) is 19.6. The summed E-state index contributed by atoms with van der Waals surface area (Å²) in [5.41, 5.74) is 2.52. The van der Waals surface area contributed by atoms with Gasteiger partial charge >= 0.3 is 0 Å². The third-order valence-corrected chi connectivity index (χ3v) is 5.13. The standard InChI is InChI=1S/C16H10Cl2N2O.2C7H16O/c17-12-5-6-14(18)13(9-12)15(21)10-1-3-11(4-2-10)16-19-7-8-20-16;2*1-5-8-6-7(2,3)4/h1-9H,(H,19,20);2*5-6H2,1-4H3. The molecule has 0 amide bonds. The zero-order chi connectivity index (χ0) is 28.1. The second-order valence-corrected chi connectivity index (χ2v) is 11.7. The number of ketones is 1. The molecule has 3 rings (SSSR count). The van der Waals surface area contributed by atoms with Crippen LogP contribution in [0.15, 0.2) is 54.9 Å². The lowest BCUT2D eigenvalue weighted by Crippen LogP contribution is -2.14. The minimum atomic E-state index is -0.159. The third-order valence-electron chi connectivity index (χ3n) is 4.57. The number of rotatable bonds is 7.